The van der Waals surface area contributed by atoms with Crippen LogP contribution in [0.15, 0.2) is 11.6 Å². The molecule has 0 aromatic heterocycles. The van der Waals surface area contributed by atoms with Gasteiger partial charge in [0.1, 0.15) is 54.9 Å². The van der Waals surface area contributed by atoms with Gasteiger partial charge in [-0.05, 0) is 99.2 Å². The minimum absolute atomic E-state index is 0.00472. The minimum atomic E-state index is -2.19. The molecule has 16 heteroatoms. The topological polar surface area (TPSA) is 247 Å². The Morgan fingerprint density at radius 2 is 1.43 bits per heavy atom. The Labute approximate surface area is 352 Å². The van der Waals surface area contributed by atoms with Crippen LogP contribution in [0.25, 0.3) is 0 Å². The van der Waals surface area contributed by atoms with Crippen molar-refractivity contribution < 1.29 is 79.1 Å². The van der Waals surface area contributed by atoms with E-state index in [1.54, 1.807) is 6.92 Å². The number of fused-ring (bicyclic) bond motifs is 7. The van der Waals surface area contributed by atoms with Crippen LogP contribution in [0.2, 0.25) is 0 Å². The third kappa shape index (κ3) is 6.51. The predicted octanol–water partition coefficient (Wildman–Crippen LogP) is 0.445. The molecule has 5 heterocycles. The molecule has 1 spiro atoms. The van der Waals surface area contributed by atoms with Gasteiger partial charge in [0, 0.05) is 18.3 Å². The molecule has 9 rings (SSSR count). The number of aliphatic hydroxyl groups excluding tert-OH is 9. The van der Waals surface area contributed by atoms with Gasteiger partial charge in [0.2, 0.25) is 5.79 Å². The third-order valence-corrected chi connectivity index (χ3v) is 17.7. The van der Waals surface area contributed by atoms with E-state index in [-0.39, 0.29) is 35.7 Å². The molecule has 9 N–H and O–H groups in total. The highest BCUT2D eigenvalue weighted by molar-refractivity contribution is 5.30. The van der Waals surface area contributed by atoms with Crippen molar-refractivity contribution in [1.29, 1.82) is 0 Å². The molecule has 60 heavy (non-hydrogen) atoms. The zero-order valence-corrected chi connectivity index (χ0v) is 35.7. The van der Waals surface area contributed by atoms with Crippen LogP contribution in [0.4, 0.5) is 0 Å². The number of rotatable bonds is 5. The van der Waals surface area contributed by atoms with Gasteiger partial charge in [-0.25, -0.2) is 0 Å². The van der Waals surface area contributed by atoms with Crippen LogP contribution in [0.3, 0.4) is 0 Å². The van der Waals surface area contributed by atoms with E-state index in [1.165, 1.54) is 6.92 Å². The van der Waals surface area contributed by atoms with Crippen molar-refractivity contribution in [1.82, 2.24) is 0 Å². The molecule has 5 saturated heterocycles. The van der Waals surface area contributed by atoms with Gasteiger partial charge in [0.15, 0.2) is 18.4 Å². The van der Waals surface area contributed by atoms with Crippen LogP contribution in [-0.2, 0) is 33.2 Å². The van der Waals surface area contributed by atoms with Crippen molar-refractivity contribution in [2.24, 2.45) is 52.3 Å². The maximum atomic E-state index is 12.2. The van der Waals surface area contributed by atoms with Crippen LogP contribution < -0.4 is 0 Å². The average Bonchev–Trinajstić information content (AvgIpc) is 3.66. The molecule has 8 fully saturated rings. The molecular weight excluding hydrogens is 784 g/mol. The van der Waals surface area contributed by atoms with Crippen LogP contribution in [0.5, 0.6) is 0 Å². The highest BCUT2D eigenvalue weighted by atomic mass is 16.8. The fraction of sp³-hybridized carbons (Fsp3) is 0.955. The van der Waals surface area contributed by atoms with Gasteiger partial charge in [-0.2, -0.15) is 0 Å². The Morgan fingerprint density at radius 3 is 2.15 bits per heavy atom. The largest absolute Gasteiger partial charge is 0.393 e. The zero-order chi connectivity index (χ0) is 43.0. The van der Waals surface area contributed by atoms with Crippen molar-refractivity contribution in [2.45, 2.75) is 196 Å². The number of aliphatic hydroxyl groups is 9. The molecule has 5 aliphatic heterocycles. The summed E-state index contributed by atoms with van der Waals surface area (Å²) in [5.74, 6) is -2.11. The summed E-state index contributed by atoms with van der Waals surface area (Å²) in [5, 5.41) is 101. The smallest absolute Gasteiger partial charge is 0.204 e. The van der Waals surface area contributed by atoms with Gasteiger partial charge in [-0.3, -0.25) is 0 Å². The molecule has 0 aromatic rings. The summed E-state index contributed by atoms with van der Waals surface area (Å²) in [6, 6.07) is 0. The maximum Gasteiger partial charge on any atom is 0.204 e. The lowest BCUT2D eigenvalue weighted by Gasteiger charge is -2.65. The molecule has 4 aliphatic carbocycles. The van der Waals surface area contributed by atoms with Crippen molar-refractivity contribution >= 4 is 0 Å². The Morgan fingerprint density at radius 1 is 0.717 bits per heavy atom. The fourth-order valence-corrected chi connectivity index (χ4v) is 14.4. The normalized spacial score (nSPS) is 60.4. The van der Waals surface area contributed by atoms with Gasteiger partial charge in [0.25, 0.3) is 0 Å². The zero-order valence-electron chi connectivity index (χ0n) is 35.7. The second-order valence-electron chi connectivity index (χ2n) is 20.9. The van der Waals surface area contributed by atoms with E-state index >= 15 is 0 Å². The van der Waals surface area contributed by atoms with Gasteiger partial charge < -0.3 is 79.1 Å². The van der Waals surface area contributed by atoms with E-state index < -0.39 is 115 Å². The third-order valence-electron chi connectivity index (χ3n) is 17.7. The van der Waals surface area contributed by atoms with Crippen LogP contribution in [0, 0.1) is 52.3 Å². The molecule has 0 radical (unpaired) electrons. The molecule has 9 aliphatic rings. The van der Waals surface area contributed by atoms with E-state index in [2.05, 4.69) is 33.8 Å². The summed E-state index contributed by atoms with van der Waals surface area (Å²) in [6.07, 6.45) is -13.2. The summed E-state index contributed by atoms with van der Waals surface area (Å²) in [5.41, 5.74) is 0.145. The van der Waals surface area contributed by atoms with Crippen LogP contribution >= 0.6 is 0 Å². The SMILES string of the molecule is C[C@@H]1CC[C@]2(OC1)O[C@H]1C[C@@H]3[C@@H]4CC=C5C[C@@H](O)C[C@@H]([C@@]6(O[C@@H]7OC[C@@H](O)[C@H](O)[C@H]7O)O[C@H](C)[C@H](O)[C@@H](O)[C@H]6O[C@@H]6O[C@@H](C)[C@H](O)[C@@H](O)[C@H]6O)[C@]5(C)[C@H]4CC[C@]3(C)[C@H]1[C@@H]2C. The Hall–Kier alpha value is -0.900. The molecule has 0 unspecified atom stereocenters. The highest BCUT2D eigenvalue weighted by Crippen LogP contribution is 2.72. The van der Waals surface area contributed by atoms with Crippen LogP contribution in [0.1, 0.15) is 92.9 Å². The van der Waals surface area contributed by atoms with E-state index in [4.69, 9.17) is 33.2 Å². The Bertz CT molecular complexity index is 1610. The summed E-state index contributed by atoms with van der Waals surface area (Å²) in [4.78, 5) is 0. The van der Waals surface area contributed by atoms with Crippen molar-refractivity contribution in [2.75, 3.05) is 13.2 Å². The van der Waals surface area contributed by atoms with Crippen molar-refractivity contribution in [3.8, 4) is 0 Å². The maximum absolute atomic E-state index is 12.2. The second kappa shape index (κ2) is 15.6. The first-order valence-electron chi connectivity index (χ1n) is 22.7. The van der Waals surface area contributed by atoms with E-state index in [1.807, 2.05) is 0 Å². The first-order chi connectivity index (χ1) is 28.3. The van der Waals surface area contributed by atoms with Gasteiger partial charge >= 0.3 is 0 Å². The molecule has 3 saturated carbocycles. The number of hydrogen-bond acceptors (Lipinski definition) is 16. The molecule has 0 bridgehead atoms. The molecule has 0 aromatic carbocycles. The first-order valence-corrected chi connectivity index (χ1v) is 22.7. The van der Waals surface area contributed by atoms with Crippen molar-refractivity contribution in [3.05, 3.63) is 11.6 Å². The summed E-state index contributed by atoms with van der Waals surface area (Å²) < 4.78 is 45.5. The Kier molecular flexibility index (Phi) is 11.5. The minimum Gasteiger partial charge on any atom is -0.393 e. The summed E-state index contributed by atoms with van der Waals surface area (Å²) in [7, 11) is 0. The Balaban J connectivity index is 1.12. The lowest BCUT2D eigenvalue weighted by molar-refractivity contribution is -0.456. The van der Waals surface area contributed by atoms with E-state index in [0.29, 0.717) is 30.8 Å². The summed E-state index contributed by atoms with van der Waals surface area (Å²) >= 11 is 0. The van der Waals surface area contributed by atoms with Crippen LogP contribution in [-0.4, -0.2) is 163 Å². The van der Waals surface area contributed by atoms with Gasteiger partial charge in [-0.15, -0.1) is 0 Å². The molecule has 0 amide bonds. The fourth-order valence-electron chi connectivity index (χ4n) is 14.4. The standard InChI is InChI=1S/C44H70O16/c1-18-9-12-43(55-16-18)19(2)30-28(59-43)15-26-24-8-7-22-13-23(45)14-29(42(22,6)25(24)10-11-41(26,30)5)44(60-39-36(52)33(49)27(46)17-54-39)38(35(51)32(48)21(4)58-44)57-40-37(53)34(50)31(47)20(3)56-40/h7,18-21,23-40,45-53H,8-17H2,1-6H3/t18-,19+,20+,21-,23-,24-,25+,26-,27-,28+,29-,30+,31+,32+,33+,34-,35-,36-,37-,38-,39+,40+,41+,42+,43+,44+/m1/s1. The lowest BCUT2D eigenvalue weighted by atomic mass is 9.43. The van der Waals surface area contributed by atoms with E-state index in [0.717, 1.165) is 44.1 Å². The van der Waals surface area contributed by atoms with E-state index in [9.17, 15) is 46.0 Å². The lowest BCUT2D eigenvalue weighted by Crippen LogP contribution is -2.75. The second-order valence-corrected chi connectivity index (χ2v) is 20.9. The highest BCUT2D eigenvalue weighted by Gasteiger charge is 2.73. The quantitative estimate of drug-likeness (QED) is 0.170. The molecule has 26 atom stereocenters. The first kappa shape index (κ1) is 44.3. The molecule has 342 valence electrons. The number of ether oxygens (including phenoxy) is 7. The molecule has 16 nitrogen and oxygen atoms in total. The van der Waals surface area contributed by atoms with Gasteiger partial charge in [0.05, 0.1) is 37.6 Å². The number of hydrogen-bond donors (Lipinski definition) is 9. The summed E-state index contributed by atoms with van der Waals surface area (Å²) in [6.45, 7) is 12.5. The monoisotopic (exact) mass is 854 g/mol. The predicted molar refractivity (Wildman–Crippen MR) is 208 cm³/mol. The van der Waals surface area contributed by atoms with Gasteiger partial charge in [-0.1, -0.05) is 39.3 Å². The number of allylic oxidation sites excluding steroid dienone is 1. The molecular formula is C44H70O16. The van der Waals surface area contributed by atoms with Crippen molar-refractivity contribution in [3.63, 3.8) is 0 Å². The average molecular weight is 855 g/mol.